The number of ketones is 2. The number of amides is 2. The molecule has 0 fully saturated rings. The summed E-state index contributed by atoms with van der Waals surface area (Å²) in [5.74, 6) is -0.698. The summed E-state index contributed by atoms with van der Waals surface area (Å²) in [4.78, 5) is 59.1. The summed E-state index contributed by atoms with van der Waals surface area (Å²) >= 11 is 0. The van der Waals surface area contributed by atoms with E-state index in [0.29, 0.717) is 50.5 Å². The number of anilines is 1. The number of fused-ring (bicyclic) bond motifs is 4. The number of nitrogens with zero attached hydrogens (tertiary/aromatic N) is 1. The topological polar surface area (TPSA) is 121 Å². The van der Waals surface area contributed by atoms with E-state index in [9.17, 15) is 19.2 Å². The number of carbonyl (C=O) groups excluding carboxylic acids is 4. The van der Waals surface area contributed by atoms with Gasteiger partial charge in [0.05, 0.1) is 22.3 Å². The van der Waals surface area contributed by atoms with Crippen LogP contribution in [0.15, 0.2) is 91.0 Å². The Morgan fingerprint density at radius 1 is 0.775 bits per heavy atom. The van der Waals surface area contributed by atoms with Gasteiger partial charge in [0.2, 0.25) is 5.91 Å². The number of aromatic nitrogens is 2. The predicted octanol–water partition coefficient (Wildman–Crippen LogP) is 5.22. The minimum absolute atomic E-state index is 0.180. The number of benzene rings is 4. The van der Waals surface area contributed by atoms with Crippen LogP contribution in [0.3, 0.4) is 0 Å². The largest absolute Gasteiger partial charge is 0.336 e. The number of hydrogen-bond donors (Lipinski definition) is 3. The van der Waals surface area contributed by atoms with Crippen LogP contribution in [0.1, 0.15) is 60.5 Å². The maximum atomic E-state index is 13.5. The van der Waals surface area contributed by atoms with Crippen molar-refractivity contribution in [1.82, 2.24) is 15.3 Å². The van der Waals surface area contributed by atoms with E-state index in [1.54, 1.807) is 91.0 Å². The fraction of sp³-hybridized carbons (Fsp3) is 0.0312. The Labute approximate surface area is 228 Å². The predicted molar refractivity (Wildman–Crippen MR) is 152 cm³/mol. The van der Waals surface area contributed by atoms with E-state index < -0.39 is 0 Å². The Morgan fingerprint density at radius 2 is 1.45 bits per heavy atom. The summed E-state index contributed by atoms with van der Waals surface area (Å²) < 4.78 is 0. The third kappa shape index (κ3) is 4.48. The van der Waals surface area contributed by atoms with Gasteiger partial charge >= 0.3 is 0 Å². The summed E-state index contributed by atoms with van der Waals surface area (Å²) in [5, 5.41) is 5.65. The van der Waals surface area contributed by atoms with E-state index in [2.05, 4.69) is 20.6 Å². The van der Waals surface area contributed by atoms with Gasteiger partial charge in [-0.25, -0.2) is 4.98 Å². The van der Waals surface area contributed by atoms with Crippen LogP contribution in [-0.2, 0) is 4.79 Å². The summed E-state index contributed by atoms with van der Waals surface area (Å²) in [6.07, 6.45) is 1.74. The van der Waals surface area contributed by atoms with Gasteiger partial charge in [0.1, 0.15) is 0 Å². The normalized spacial score (nSPS) is 12.6. The van der Waals surface area contributed by atoms with Crippen LogP contribution < -0.4 is 10.6 Å². The Morgan fingerprint density at radius 3 is 2.15 bits per heavy atom. The fourth-order valence-electron chi connectivity index (χ4n) is 4.77. The van der Waals surface area contributed by atoms with Crippen LogP contribution in [0.4, 0.5) is 5.69 Å². The van der Waals surface area contributed by atoms with Gasteiger partial charge in [-0.3, -0.25) is 19.2 Å². The standard InChI is InChI=1S/C32H22N4O4/c1-18(37)33-21-13-11-19(12-14-21)17-26(35-32(40)20-7-3-2-4-8-20)31-34-25-16-15-24-27(28(25)36-31)30(39)23-10-6-5-9-22(23)29(24)38/h2-17H,1H3,(H,33,37)(H,34,36)(H,35,40)/b26-17+. The molecule has 2 amide bonds. The maximum Gasteiger partial charge on any atom is 0.255 e. The second kappa shape index (κ2) is 9.92. The lowest BCUT2D eigenvalue weighted by atomic mass is 9.83. The van der Waals surface area contributed by atoms with E-state index in [4.69, 9.17) is 0 Å². The van der Waals surface area contributed by atoms with Crippen LogP contribution >= 0.6 is 0 Å². The van der Waals surface area contributed by atoms with Gasteiger partial charge in [0, 0.05) is 34.9 Å². The van der Waals surface area contributed by atoms with E-state index in [-0.39, 0.29) is 28.9 Å². The third-order valence-electron chi connectivity index (χ3n) is 6.63. The molecule has 3 N–H and O–H groups in total. The van der Waals surface area contributed by atoms with Gasteiger partial charge in [-0.1, -0.05) is 54.6 Å². The van der Waals surface area contributed by atoms with Crippen LogP contribution in [0.25, 0.3) is 22.8 Å². The van der Waals surface area contributed by atoms with Crippen LogP contribution in [0.5, 0.6) is 0 Å². The first kappa shape index (κ1) is 24.7. The van der Waals surface area contributed by atoms with Gasteiger partial charge in [0.25, 0.3) is 5.91 Å². The molecule has 0 saturated heterocycles. The van der Waals surface area contributed by atoms with Crippen molar-refractivity contribution in [2.45, 2.75) is 6.92 Å². The molecule has 6 rings (SSSR count). The lowest BCUT2D eigenvalue weighted by Gasteiger charge is -2.17. The molecule has 0 spiro atoms. The number of imidazole rings is 1. The smallest absolute Gasteiger partial charge is 0.255 e. The van der Waals surface area contributed by atoms with Crippen molar-refractivity contribution in [3.63, 3.8) is 0 Å². The molecule has 194 valence electrons. The first-order chi connectivity index (χ1) is 19.4. The SMILES string of the molecule is CC(=O)Nc1ccc(/C=C(/NC(=O)c2ccccc2)c2nc3ccc4c(c3[nH]2)C(=O)c2ccccc2C4=O)cc1. The number of aromatic amines is 1. The zero-order valence-corrected chi connectivity index (χ0v) is 21.3. The van der Waals surface area contributed by atoms with Gasteiger partial charge in [-0.05, 0) is 48.0 Å². The molecule has 8 heteroatoms. The summed E-state index contributed by atoms with van der Waals surface area (Å²) in [6.45, 7) is 1.43. The van der Waals surface area contributed by atoms with Crippen LogP contribution in [0, 0.1) is 0 Å². The van der Waals surface area contributed by atoms with Crippen LogP contribution in [0.2, 0.25) is 0 Å². The average molecular weight is 527 g/mol. The van der Waals surface area contributed by atoms with E-state index in [1.807, 2.05) is 6.07 Å². The van der Waals surface area contributed by atoms with Crippen molar-refractivity contribution < 1.29 is 19.2 Å². The molecule has 4 aromatic carbocycles. The zero-order chi connectivity index (χ0) is 27.8. The second-order valence-corrected chi connectivity index (χ2v) is 9.35. The van der Waals surface area contributed by atoms with Crippen molar-refractivity contribution in [1.29, 1.82) is 0 Å². The number of hydrogen-bond acceptors (Lipinski definition) is 5. The second-order valence-electron chi connectivity index (χ2n) is 9.35. The number of carbonyl (C=O) groups is 4. The molecule has 0 saturated carbocycles. The van der Waals surface area contributed by atoms with Gasteiger partial charge in [-0.15, -0.1) is 0 Å². The van der Waals surface area contributed by atoms with Crippen molar-refractivity contribution in [2.24, 2.45) is 0 Å². The highest BCUT2D eigenvalue weighted by Crippen LogP contribution is 2.32. The Bertz CT molecular complexity index is 1870. The van der Waals surface area contributed by atoms with Gasteiger partial charge < -0.3 is 15.6 Å². The first-order valence-electron chi connectivity index (χ1n) is 12.6. The number of rotatable bonds is 5. The summed E-state index contributed by atoms with van der Waals surface area (Å²) in [6, 6.07) is 25.9. The quantitative estimate of drug-likeness (QED) is 0.284. The molecule has 0 radical (unpaired) electrons. The van der Waals surface area contributed by atoms with Crippen molar-refractivity contribution >= 4 is 51.9 Å². The summed E-state index contributed by atoms with van der Waals surface area (Å²) in [5.41, 5.74) is 4.37. The molecule has 0 atom stereocenters. The maximum absolute atomic E-state index is 13.5. The Kier molecular flexibility index (Phi) is 6.12. The van der Waals surface area contributed by atoms with E-state index in [1.165, 1.54) is 6.92 Å². The monoisotopic (exact) mass is 526 g/mol. The highest BCUT2D eigenvalue weighted by molar-refractivity contribution is 6.31. The molecule has 5 aromatic rings. The fourth-order valence-corrected chi connectivity index (χ4v) is 4.77. The molecule has 1 aliphatic carbocycles. The van der Waals surface area contributed by atoms with E-state index in [0.717, 1.165) is 5.56 Å². The molecule has 1 aliphatic rings. The van der Waals surface area contributed by atoms with Crippen molar-refractivity contribution in [3.05, 3.63) is 130 Å². The third-order valence-corrected chi connectivity index (χ3v) is 6.63. The molecule has 0 aliphatic heterocycles. The molecule has 0 bridgehead atoms. The lowest BCUT2D eigenvalue weighted by molar-refractivity contribution is -0.114. The van der Waals surface area contributed by atoms with E-state index >= 15 is 0 Å². The average Bonchev–Trinajstić information content (AvgIpc) is 3.41. The van der Waals surface area contributed by atoms with Gasteiger partial charge in [0.15, 0.2) is 17.4 Å². The van der Waals surface area contributed by atoms with Crippen LogP contribution in [-0.4, -0.2) is 33.3 Å². The first-order valence-corrected chi connectivity index (χ1v) is 12.6. The number of nitrogens with one attached hydrogen (secondary N) is 3. The molecule has 1 heterocycles. The number of H-pyrrole nitrogens is 1. The minimum atomic E-state index is -0.343. The highest BCUT2D eigenvalue weighted by atomic mass is 16.2. The Balaban J connectivity index is 1.45. The molecular formula is C32H22N4O4. The highest BCUT2D eigenvalue weighted by Gasteiger charge is 2.32. The molecule has 8 nitrogen and oxygen atoms in total. The minimum Gasteiger partial charge on any atom is -0.336 e. The molecule has 40 heavy (non-hydrogen) atoms. The van der Waals surface area contributed by atoms with Crippen molar-refractivity contribution in [3.8, 4) is 0 Å². The van der Waals surface area contributed by atoms with Gasteiger partial charge in [-0.2, -0.15) is 0 Å². The lowest BCUT2D eigenvalue weighted by Crippen LogP contribution is -2.22. The summed E-state index contributed by atoms with van der Waals surface area (Å²) in [7, 11) is 0. The molecule has 0 unspecified atom stereocenters. The molecule has 1 aromatic heterocycles. The molecular weight excluding hydrogens is 504 g/mol. The Hall–Kier alpha value is -5.63. The zero-order valence-electron chi connectivity index (χ0n) is 21.3. The van der Waals surface area contributed by atoms with Crippen molar-refractivity contribution in [2.75, 3.05) is 5.32 Å².